The molecule has 0 saturated heterocycles. The van der Waals surface area contributed by atoms with Crippen LogP contribution in [0.2, 0.25) is 0 Å². The molecule has 2 aromatic carbocycles. The molecule has 23 heavy (non-hydrogen) atoms. The largest absolute Gasteiger partial charge is 0.508 e. The lowest BCUT2D eigenvalue weighted by Gasteiger charge is -2.14. The molecule has 4 nitrogen and oxygen atoms in total. The monoisotopic (exact) mass is 308 g/mol. The van der Waals surface area contributed by atoms with Crippen molar-refractivity contribution in [2.75, 3.05) is 19.0 Å². The van der Waals surface area contributed by atoms with E-state index >= 15 is 0 Å². The van der Waals surface area contributed by atoms with E-state index in [9.17, 15) is 9.90 Å². The zero-order chi connectivity index (χ0) is 16.7. The van der Waals surface area contributed by atoms with Crippen LogP contribution in [0.4, 0.5) is 5.69 Å². The summed E-state index contributed by atoms with van der Waals surface area (Å²) in [6.45, 7) is 3.49. The van der Waals surface area contributed by atoms with Gasteiger partial charge in [0.1, 0.15) is 5.75 Å². The second-order valence-corrected chi connectivity index (χ2v) is 5.98. The lowest BCUT2D eigenvalue weighted by atomic mass is 10.1. The van der Waals surface area contributed by atoms with Gasteiger partial charge in [-0.15, -0.1) is 0 Å². The maximum atomic E-state index is 12.2. The van der Waals surface area contributed by atoms with Crippen molar-refractivity contribution in [2.45, 2.75) is 13.8 Å². The van der Waals surface area contributed by atoms with Gasteiger partial charge >= 0.3 is 0 Å². The number of nitrogens with zero attached hydrogens (tertiary/aromatic N) is 2. The molecule has 0 bridgehead atoms. The summed E-state index contributed by atoms with van der Waals surface area (Å²) in [6.07, 6.45) is 0. The predicted octanol–water partition coefficient (Wildman–Crippen LogP) is 3.91. The van der Waals surface area contributed by atoms with Crippen LogP contribution in [0.15, 0.2) is 42.5 Å². The summed E-state index contributed by atoms with van der Waals surface area (Å²) in [5, 5.41) is 10.7. The molecule has 0 fully saturated rings. The number of anilines is 1. The Morgan fingerprint density at radius 2 is 1.74 bits per heavy atom. The fraction of sp³-hybridized carbons (Fsp3) is 0.211. The smallest absolute Gasteiger partial charge is 0.176 e. The first-order valence-electron chi connectivity index (χ1n) is 7.53. The molecule has 1 aromatic heterocycles. The van der Waals surface area contributed by atoms with Crippen molar-refractivity contribution >= 4 is 22.4 Å². The van der Waals surface area contributed by atoms with Crippen LogP contribution in [0, 0.1) is 6.92 Å². The summed E-state index contributed by atoms with van der Waals surface area (Å²) in [5.74, 6) is 0.214. The highest BCUT2D eigenvalue weighted by molar-refractivity contribution is 6.03. The molecule has 0 saturated carbocycles. The number of fused-ring (bicyclic) bond motifs is 1. The second-order valence-electron chi connectivity index (χ2n) is 5.98. The molecule has 1 heterocycles. The Balaban J connectivity index is 2.31. The van der Waals surface area contributed by atoms with E-state index in [4.69, 9.17) is 0 Å². The van der Waals surface area contributed by atoms with E-state index < -0.39 is 0 Å². The minimum atomic E-state index is 0.00914. The van der Waals surface area contributed by atoms with Gasteiger partial charge in [-0.1, -0.05) is 0 Å². The number of aromatic hydroxyl groups is 1. The zero-order valence-electron chi connectivity index (χ0n) is 13.8. The molecular formula is C19H20N2O2. The van der Waals surface area contributed by atoms with E-state index in [-0.39, 0.29) is 11.5 Å². The third kappa shape index (κ3) is 2.46. The molecule has 118 valence electrons. The minimum absolute atomic E-state index is 0.00914. The lowest BCUT2D eigenvalue weighted by Crippen LogP contribution is -2.09. The highest BCUT2D eigenvalue weighted by Gasteiger charge is 2.19. The number of benzene rings is 2. The van der Waals surface area contributed by atoms with Crippen LogP contribution in [-0.4, -0.2) is 29.6 Å². The number of phenolic OH excluding ortho intramolecular Hbond substituents is 1. The molecule has 3 aromatic rings. The molecule has 0 aliphatic carbocycles. The van der Waals surface area contributed by atoms with Crippen LogP contribution in [0.25, 0.3) is 16.6 Å². The first-order chi connectivity index (χ1) is 10.9. The van der Waals surface area contributed by atoms with Gasteiger partial charge in [0.25, 0.3) is 0 Å². The maximum absolute atomic E-state index is 12.2. The zero-order valence-corrected chi connectivity index (χ0v) is 13.8. The third-order valence-corrected chi connectivity index (χ3v) is 4.16. The van der Waals surface area contributed by atoms with Crippen molar-refractivity contribution in [1.29, 1.82) is 0 Å². The molecule has 0 spiro atoms. The van der Waals surface area contributed by atoms with E-state index in [0.29, 0.717) is 5.69 Å². The number of aromatic nitrogens is 1. The number of hydrogen-bond donors (Lipinski definition) is 1. The third-order valence-electron chi connectivity index (χ3n) is 4.16. The van der Waals surface area contributed by atoms with Crippen LogP contribution in [0.5, 0.6) is 5.75 Å². The molecule has 0 unspecified atom stereocenters. The number of aryl methyl sites for hydroxylation is 1. The number of rotatable bonds is 3. The average molecular weight is 308 g/mol. The van der Waals surface area contributed by atoms with Gasteiger partial charge in [0.2, 0.25) is 0 Å². The fourth-order valence-electron chi connectivity index (χ4n) is 3.02. The quantitative estimate of drug-likeness (QED) is 0.746. The van der Waals surface area contributed by atoms with Crippen molar-refractivity contribution < 1.29 is 9.90 Å². The first-order valence-corrected chi connectivity index (χ1v) is 7.53. The molecule has 0 aliphatic rings. The SMILES string of the molecule is CC(=O)c1c(C)c2cc(O)ccc2n1-c1ccc(N(C)C)cc1. The van der Waals surface area contributed by atoms with Gasteiger partial charge in [0.05, 0.1) is 11.2 Å². The second kappa shape index (κ2) is 5.47. The molecule has 4 heteroatoms. The molecule has 3 rings (SSSR count). The Bertz CT molecular complexity index is 890. The van der Waals surface area contributed by atoms with Gasteiger partial charge < -0.3 is 14.6 Å². The van der Waals surface area contributed by atoms with Crippen molar-refractivity contribution in [3.05, 3.63) is 53.7 Å². The number of carbonyl (C=O) groups is 1. The standard InChI is InChI=1S/C19H20N2O2/c1-12-17-11-16(23)9-10-18(17)21(19(12)13(2)22)15-7-5-14(6-8-15)20(3)4/h5-11,23H,1-4H3. The Labute approximate surface area is 135 Å². The number of carbonyl (C=O) groups excluding carboxylic acids is 1. The Kier molecular flexibility index (Phi) is 3.60. The van der Waals surface area contributed by atoms with Gasteiger partial charge in [-0.2, -0.15) is 0 Å². The number of phenols is 1. The summed E-state index contributed by atoms with van der Waals surface area (Å²) in [4.78, 5) is 14.2. The molecule has 0 radical (unpaired) electrons. The van der Waals surface area contributed by atoms with Gasteiger partial charge in [-0.05, 0) is 55.0 Å². The van der Waals surface area contributed by atoms with Gasteiger partial charge in [-0.3, -0.25) is 4.79 Å². The van der Waals surface area contributed by atoms with Crippen molar-refractivity contribution in [1.82, 2.24) is 4.57 Å². The number of hydrogen-bond acceptors (Lipinski definition) is 3. The van der Waals surface area contributed by atoms with Crippen molar-refractivity contribution in [3.63, 3.8) is 0 Å². The van der Waals surface area contributed by atoms with Gasteiger partial charge in [0, 0.05) is 37.8 Å². The van der Waals surface area contributed by atoms with E-state index in [0.717, 1.165) is 27.8 Å². The molecule has 1 N–H and O–H groups in total. The van der Waals surface area contributed by atoms with Crippen molar-refractivity contribution in [2.24, 2.45) is 0 Å². The molecule has 0 aliphatic heterocycles. The van der Waals surface area contributed by atoms with E-state index in [1.54, 1.807) is 19.1 Å². The summed E-state index contributed by atoms with van der Waals surface area (Å²) in [5.41, 5.74) is 4.50. The van der Waals surface area contributed by atoms with Crippen LogP contribution in [-0.2, 0) is 0 Å². The summed E-state index contributed by atoms with van der Waals surface area (Å²) in [6, 6.07) is 13.3. The van der Waals surface area contributed by atoms with E-state index in [1.165, 1.54) is 0 Å². The van der Waals surface area contributed by atoms with E-state index in [2.05, 4.69) is 0 Å². The Hall–Kier alpha value is -2.75. The Morgan fingerprint density at radius 1 is 1.09 bits per heavy atom. The van der Waals surface area contributed by atoms with Gasteiger partial charge in [-0.25, -0.2) is 0 Å². The average Bonchev–Trinajstić information content (AvgIpc) is 2.80. The van der Waals surface area contributed by atoms with Crippen LogP contribution < -0.4 is 4.90 Å². The first kappa shape index (κ1) is 15.2. The Morgan fingerprint density at radius 3 is 2.30 bits per heavy atom. The molecule has 0 atom stereocenters. The number of ketones is 1. The summed E-state index contributed by atoms with van der Waals surface area (Å²) >= 11 is 0. The fourth-order valence-corrected chi connectivity index (χ4v) is 3.02. The van der Waals surface area contributed by atoms with Gasteiger partial charge in [0.15, 0.2) is 5.78 Å². The highest BCUT2D eigenvalue weighted by atomic mass is 16.3. The van der Waals surface area contributed by atoms with E-state index in [1.807, 2.05) is 60.8 Å². The maximum Gasteiger partial charge on any atom is 0.176 e. The molecule has 0 amide bonds. The predicted molar refractivity (Wildman–Crippen MR) is 94.0 cm³/mol. The van der Waals surface area contributed by atoms with Crippen LogP contribution in [0.3, 0.4) is 0 Å². The topological polar surface area (TPSA) is 45.5 Å². The van der Waals surface area contributed by atoms with Crippen LogP contribution in [0.1, 0.15) is 23.0 Å². The number of Topliss-reactive ketones (excluding diaryl/α,β-unsaturated/α-hetero) is 1. The van der Waals surface area contributed by atoms with Crippen molar-refractivity contribution in [3.8, 4) is 11.4 Å². The lowest BCUT2D eigenvalue weighted by molar-refractivity contribution is 0.101. The molecular weight excluding hydrogens is 288 g/mol. The van der Waals surface area contributed by atoms with Crippen LogP contribution >= 0.6 is 0 Å². The summed E-state index contributed by atoms with van der Waals surface area (Å²) < 4.78 is 1.96. The normalized spacial score (nSPS) is 11.0. The summed E-state index contributed by atoms with van der Waals surface area (Å²) in [7, 11) is 3.99. The highest BCUT2D eigenvalue weighted by Crippen LogP contribution is 2.32. The minimum Gasteiger partial charge on any atom is -0.508 e.